The molecule has 0 aliphatic rings. The van der Waals surface area contributed by atoms with Gasteiger partial charge in [-0.15, -0.1) is 11.3 Å². The van der Waals surface area contributed by atoms with Gasteiger partial charge in [0.25, 0.3) is 5.56 Å². The molecule has 7 heteroatoms. The van der Waals surface area contributed by atoms with E-state index in [0.717, 1.165) is 11.3 Å². The highest BCUT2D eigenvalue weighted by Gasteiger charge is 2.26. The molecule has 0 aliphatic heterocycles. The first kappa shape index (κ1) is 17.6. The molecule has 1 aromatic carbocycles. The third kappa shape index (κ3) is 3.07. The zero-order valence-electron chi connectivity index (χ0n) is 13.8. The van der Waals surface area contributed by atoms with Crippen molar-refractivity contribution in [1.29, 1.82) is 0 Å². The highest BCUT2D eigenvalue weighted by molar-refractivity contribution is 7.18. The summed E-state index contributed by atoms with van der Waals surface area (Å²) in [6.45, 7) is 3.74. The number of aliphatic carboxylic acids is 1. The molecular formula is C18H17ClN2O3S. The van der Waals surface area contributed by atoms with E-state index in [0.29, 0.717) is 26.6 Å². The van der Waals surface area contributed by atoms with Gasteiger partial charge in [-0.2, -0.15) is 0 Å². The van der Waals surface area contributed by atoms with Crippen molar-refractivity contribution >= 4 is 39.1 Å². The van der Waals surface area contributed by atoms with E-state index in [1.807, 2.05) is 6.92 Å². The lowest BCUT2D eigenvalue weighted by Crippen LogP contribution is -2.31. The largest absolute Gasteiger partial charge is 0.480 e. The lowest BCUT2D eigenvalue weighted by Gasteiger charge is -2.18. The quantitative estimate of drug-likeness (QED) is 0.717. The monoisotopic (exact) mass is 376 g/mol. The van der Waals surface area contributed by atoms with E-state index in [1.54, 1.807) is 37.3 Å². The number of benzene rings is 1. The van der Waals surface area contributed by atoms with Crippen molar-refractivity contribution in [3.8, 4) is 11.4 Å². The maximum absolute atomic E-state index is 13.1. The Bertz CT molecular complexity index is 1010. The van der Waals surface area contributed by atoms with Crippen molar-refractivity contribution in [2.24, 2.45) is 0 Å². The van der Waals surface area contributed by atoms with Crippen LogP contribution in [-0.4, -0.2) is 20.6 Å². The fraction of sp³-hybridized carbons (Fsp3) is 0.278. The standard InChI is InChI=1S/C18H17ClN2O3S/c1-3-10-9-12-16(25-10)20-15(11-7-5-6-8-13(11)19)21(17(12)22)14(4-2)18(23)24/h5-9,14H,3-4H2,1-2H3,(H,23,24). The number of thiophene rings is 1. The summed E-state index contributed by atoms with van der Waals surface area (Å²) in [5, 5.41) is 10.5. The van der Waals surface area contributed by atoms with Crippen molar-refractivity contribution in [3.63, 3.8) is 0 Å². The van der Waals surface area contributed by atoms with Crippen molar-refractivity contribution in [2.75, 3.05) is 0 Å². The Morgan fingerprint density at radius 3 is 2.68 bits per heavy atom. The minimum atomic E-state index is -1.06. The van der Waals surface area contributed by atoms with Gasteiger partial charge in [-0.3, -0.25) is 9.36 Å². The molecule has 1 unspecified atom stereocenters. The number of aryl methyl sites for hydroxylation is 1. The molecule has 0 aliphatic carbocycles. The first-order chi connectivity index (χ1) is 12.0. The number of fused-ring (bicyclic) bond motifs is 1. The van der Waals surface area contributed by atoms with E-state index >= 15 is 0 Å². The summed E-state index contributed by atoms with van der Waals surface area (Å²) in [5.41, 5.74) is 0.208. The maximum atomic E-state index is 13.1. The summed E-state index contributed by atoms with van der Waals surface area (Å²) < 4.78 is 1.26. The third-order valence-electron chi connectivity index (χ3n) is 4.09. The molecule has 3 rings (SSSR count). The van der Waals surface area contributed by atoms with Gasteiger partial charge < -0.3 is 5.11 Å². The van der Waals surface area contributed by atoms with E-state index in [9.17, 15) is 14.7 Å². The SMILES string of the molecule is CCc1cc2c(=O)n(C(CC)C(=O)O)c(-c3ccccc3Cl)nc2s1. The summed E-state index contributed by atoms with van der Waals surface area (Å²) in [5.74, 6) is -0.771. The van der Waals surface area contributed by atoms with Crippen LogP contribution in [0, 0.1) is 0 Å². The van der Waals surface area contributed by atoms with Crippen LogP contribution >= 0.6 is 22.9 Å². The molecule has 3 aromatic rings. The van der Waals surface area contributed by atoms with Crippen molar-refractivity contribution < 1.29 is 9.90 Å². The summed E-state index contributed by atoms with van der Waals surface area (Å²) in [6.07, 6.45) is 1.06. The Labute approximate surface area is 153 Å². The highest BCUT2D eigenvalue weighted by atomic mass is 35.5. The van der Waals surface area contributed by atoms with Gasteiger partial charge in [-0.25, -0.2) is 9.78 Å². The number of carboxylic acids is 1. The lowest BCUT2D eigenvalue weighted by atomic mass is 10.1. The summed E-state index contributed by atoms with van der Waals surface area (Å²) in [4.78, 5) is 31.1. The van der Waals surface area contributed by atoms with Crippen molar-refractivity contribution in [1.82, 2.24) is 9.55 Å². The predicted molar refractivity (Wildman–Crippen MR) is 101 cm³/mol. The second-order valence-corrected chi connectivity index (χ2v) is 7.16. The predicted octanol–water partition coefficient (Wildman–Crippen LogP) is 4.38. The molecule has 0 spiro atoms. The number of carbonyl (C=O) groups is 1. The molecule has 0 saturated heterocycles. The normalized spacial score (nSPS) is 12.4. The van der Waals surface area contributed by atoms with E-state index in [-0.39, 0.29) is 12.0 Å². The average molecular weight is 377 g/mol. The number of halogens is 1. The van der Waals surface area contributed by atoms with Gasteiger partial charge in [0.05, 0.1) is 10.4 Å². The van der Waals surface area contributed by atoms with Crippen molar-refractivity contribution in [2.45, 2.75) is 32.7 Å². The minimum Gasteiger partial charge on any atom is -0.480 e. The van der Waals surface area contributed by atoms with Gasteiger partial charge in [0.2, 0.25) is 0 Å². The molecule has 0 bridgehead atoms. The maximum Gasteiger partial charge on any atom is 0.326 e. The Balaban J connectivity index is 2.42. The summed E-state index contributed by atoms with van der Waals surface area (Å²) in [6, 6.07) is 7.81. The summed E-state index contributed by atoms with van der Waals surface area (Å²) >= 11 is 7.74. The zero-order valence-corrected chi connectivity index (χ0v) is 15.4. The zero-order chi connectivity index (χ0) is 18.1. The fourth-order valence-corrected chi connectivity index (χ4v) is 3.99. The molecule has 0 fully saturated rings. The smallest absolute Gasteiger partial charge is 0.326 e. The number of aromatic nitrogens is 2. The number of nitrogens with zero attached hydrogens (tertiary/aromatic N) is 2. The molecule has 5 nitrogen and oxygen atoms in total. The third-order valence-corrected chi connectivity index (χ3v) is 5.60. The molecular weight excluding hydrogens is 360 g/mol. The first-order valence-electron chi connectivity index (χ1n) is 8.00. The van der Waals surface area contributed by atoms with Gasteiger partial charge in [0.1, 0.15) is 16.7 Å². The molecule has 2 aromatic heterocycles. The van der Waals surface area contributed by atoms with Crippen LogP contribution < -0.4 is 5.56 Å². The highest BCUT2D eigenvalue weighted by Crippen LogP contribution is 2.31. The number of hydrogen-bond acceptors (Lipinski definition) is 4. The molecule has 0 radical (unpaired) electrons. The van der Waals surface area contributed by atoms with E-state index in [2.05, 4.69) is 4.98 Å². The van der Waals surface area contributed by atoms with Crippen LogP contribution in [0.25, 0.3) is 21.6 Å². The molecule has 1 N–H and O–H groups in total. The van der Waals surface area contributed by atoms with Gasteiger partial charge in [-0.05, 0) is 31.0 Å². The molecule has 2 heterocycles. The number of carboxylic acid groups (broad SMARTS) is 1. The molecule has 0 saturated carbocycles. The molecule has 130 valence electrons. The number of rotatable bonds is 5. The van der Waals surface area contributed by atoms with Gasteiger partial charge in [0, 0.05) is 10.4 Å². The molecule has 0 amide bonds. The van der Waals surface area contributed by atoms with Crippen LogP contribution in [0.1, 0.15) is 31.2 Å². The van der Waals surface area contributed by atoms with Gasteiger partial charge in [-0.1, -0.05) is 37.6 Å². The van der Waals surface area contributed by atoms with E-state index in [4.69, 9.17) is 11.6 Å². The molecule has 1 atom stereocenters. The van der Waals surface area contributed by atoms with Crippen LogP contribution in [0.15, 0.2) is 35.1 Å². The fourth-order valence-electron chi connectivity index (χ4n) is 2.81. The van der Waals surface area contributed by atoms with Crippen molar-refractivity contribution in [3.05, 3.63) is 50.6 Å². The Kier molecular flexibility index (Phi) is 4.92. The van der Waals surface area contributed by atoms with Gasteiger partial charge >= 0.3 is 5.97 Å². The van der Waals surface area contributed by atoms with E-state index < -0.39 is 12.0 Å². The van der Waals surface area contributed by atoms with Gasteiger partial charge in [0.15, 0.2) is 0 Å². The van der Waals surface area contributed by atoms with Crippen LogP contribution in [-0.2, 0) is 11.2 Å². The Hall–Kier alpha value is -2.18. The first-order valence-corrected chi connectivity index (χ1v) is 9.20. The van der Waals surface area contributed by atoms with Crippen LogP contribution in [0.2, 0.25) is 5.02 Å². The Morgan fingerprint density at radius 1 is 1.36 bits per heavy atom. The lowest BCUT2D eigenvalue weighted by molar-refractivity contribution is -0.141. The number of hydrogen-bond donors (Lipinski definition) is 1. The topological polar surface area (TPSA) is 72.2 Å². The van der Waals surface area contributed by atoms with E-state index in [1.165, 1.54) is 15.9 Å². The average Bonchev–Trinajstić information content (AvgIpc) is 3.01. The van der Waals surface area contributed by atoms with Crippen LogP contribution in [0.5, 0.6) is 0 Å². The molecule has 25 heavy (non-hydrogen) atoms. The van der Waals surface area contributed by atoms with Crippen LogP contribution in [0.4, 0.5) is 0 Å². The Morgan fingerprint density at radius 2 is 2.08 bits per heavy atom. The second kappa shape index (κ2) is 6.98. The minimum absolute atomic E-state index is 0.269. The second-order valence-electron chi connectivity index (χ2n) is 5.64. The van der Waals surface area contributed by atoms with Crippen LogP contribution in [0.3, 0.4) is 0 Å². The summed E-state index contributed by atoms with van der Waals surface area (Å²) in [7, 11) is 0.